The molecule has 0 unspecified atom stereocenters. The number of nitrogen functional groups attached to an aromatic ring is 1. The number of nitrogens with two attached hydrogens (primary N) is 1. The van der Waals surface area contributed by atoms with Gasteiger partial charge in [0.15, 0.2) is 0 Å². The lowest BCUT2D eigenvalue weighted by Gasteiger charge is -2.00. The highest BCUT2D eigenvalue weighted by atomic mass is 16.4. The molecule has 0 atom stereocenters. The van der Waals surface area contributed by atoms with Crippen molar-refractivity contribution >= 4 is 11.7 Å². The first-order valence-corrected chi connectivity index (χ1v) is 4.77. The summed E-state index contributed by atoms with van der Waals surface area (Å²) in [4.78, 5) is 13.3. The number of benzene rings is 1. The molecule has 17 heavy (non-hydrogen) atoms. The number of carbonyl (C=O) groups is 1. The van der Waals surface area contributed by atoms with Gasteiger partial charge in [0.1, 0.15) is 0 Å². The summed E-state index contributed by atoms with van der Waals surface area (Å²) in [6.45, 7) is 0.312. The van der Waals surface area contributed by atoms with Gasteiger partial charge in [-0.25, -0.2) is 4.79 Å². The zero-order valence-electron chi connectivity index (χ0n) is 8.92. The van der Waals surface area contributed by atoms with Gasteiger partial charge in [-0.3, -0.25) is 0 Å². The molecule has 0 fully saturated rings. The molecule has 1 aromatic carbocycles. The number of hydrogen-bond donors (Lipinski definition) is 2. The van der Waals surface area contributed by atoms with E-state index in [-0.39, 0.29) is 11.3 Å². The van der Waals surface area contributed by atoms with Crippen LogP contribution in [-0.2, 0) is 0 Å². The largest absolute Gasteiger partial charge is 0.478 e. The number of carboxylic acids is 1. The van der Waals surface area contributed by atoms with E-state index in [4.69, 9.17) is 16.4 Å². The molecule has 0 aromatic heterocycles. The van der Waals surface area contributed by atoms with Crippen molar-refractivity contribution in [3.63, 3.8) is 0 Å². The molecule has 0 aliphatic heterocycles. The van der Waals surface area contributed by atoms with E-state index in [1.54, 1.807) is 6.07 Å². The van der Waals surface area contributed by atoms with Crippen molar-refractivity contribution in [3.05, 3.63) is 39.8 Å². The van der Waals surface area contributed by atoms with E-state index >= 15 is 0 Å². The lowest BCUT2D eigenvalue weighted by atomic mass is 10.1. The maximum absolute atomic E-state index is 10.7. The van der Waals surface area contributed by atoms with Crippen molar-refractivity contribution in [2.24, 2.45) is 5.11 Å². The summed E-state index contributed by atoms with van der Waals surface area (Å²) < 4.78 is 0. The third-order valence-corrected chi connectivity index (χ3v) is 1.91. The molecule has 1 rings (SSSR count). The van der Waals surface area contributed by atoms with Gasteiger partial charge in [0.25, 0.3) is 0 Å². The lowest BCUT2D eigenvalue weighted by molar-refractivity contribution is 0.0698. The molecule has 1 aromatic rings. The topological polar surface area (TPSA) is 112 Å². The fourth-order valence-corrected chi connectivity index (χ4v) is 1.15. The summed E-state index contributed by atoms with van der Waals surface area (Å²) >= 11 is 0. The predicted octanol–water partition coefficient (Wildman–Crippen LogP) is 2.02. The van der Waals surface area contributed by atoms with Crippen LogP contribution < -0.4 is 5.73 Å². The maximum Gasteiger partial charge on any atom is 0.337 e. The van der Waals surface area contributed by atoms with Gasteiger partial charge in [0.05, 0.1) is 5.56 Å². The fourth-order valence-electron chi connectivity index (χ4n) is 1.15. The molecule has 0 bridgehead atoms. The van der Waals surface area contributed by atoms with E-state index in [9.17, 15) is 4.79 Å². The Bertz CT molecular complexity index is 536. The maximum atomic E-state index is 10.7. The van der Waals surface area contributed by atoms with Gasteiger partial charge in [-0.15, -0.1) is 0 Å². The van der Waals surface area contributed by atoms with Crippen LogP contribution in [0.15, 0.2) is 23.3 Å². The van der Waals surface area contributed by atoms with E-state index in [2.05, 4.69) is 21.9 Å². The van der Waals surface area contributed by atoms with Gasteiger partial charge in [0, 0.05) is 29.1 Å². The van der Waals surface area contributed by atoms with Crippen LogP contribution in [0.5, 0.6) is 0 Å². The molecule has 0 saturated heterocycles. The van der Waals surface area contributed by atoms with Crippen LogP contribution in [0.3, 0.4) is 0 Å². The second-order valence-corrected chi connectivity index (χ2v) is 3.11. The van der Waals surface area contributed by atoms with E-state index in [1.165, 1.54) is 12.1 Å². The molecule has 0 saturated carbocycles. The van der Waals surface area contributed by atoms with Gasteiger partial charge >= 0.3 is 5.97 Å². The number of aromatic carboxylic acids is 1. The van der Waals surface area contributed by atoms with Crippen molar-refractivity contribution in [1.29, 1.82) is 0 Å². The Kier molecular flexibility index (Phi) is 4.43. The Hall–Kier alpha value is -2.64. The van der Waals surface area contributed by atoms with Gasteiger partial charge in [-0.2, -0.15) is 0 Å². The van der Waals surface area contributed by atoms with E-state index in [0.29, 0.717) is 18.5 Å². The molecule has 6 heteroatoms. The summed E-state index contributed by atoms with van der Waals surface area (Å²) in [5.74, 6) is 4.53. The van der Waals surface area contributed by atoms with Crippen LogP contribution in [-0.4, -0.2) is 17.6 Å². The molecule has 0 aliphatic carbocycles. The van der Waals surface area contributed by atoms with Crippen molar-refractivity contribution < 1.29 is 9.90 Å². The van der Waals surface area contributed by atoms with E-state index in [0.717, 1.165) is 0 Å². The summed E-state index contributed by atoms with van der Waals surface area (Å²) in [5.41, 5.74) is 14.5. The molecular weight excluding hydrogens is 220 g/mol. The molecular formula is C11H10N4O2. The summed E-state index contributed by atoms with van der Waals surface area (Å²) in [6.07, 6.45) is 0.449. The monoisotopic (exact) mass is 230 g/mol. The second kappa shape index (κ2) is 6.05. The van der Waals surface area contributed by atoms with Crippen molar-refractivity contribution in [1.82, 2.24) is 0 Å². The molecule has 0 spiro atoms. The van der Waals surface area contributed by atoms with Gasteiger partial charge < -0.3 is 10.8 Å². The minimum atomic E-state index is -1.06. The van der Waals surface area contributed by atoms with Crippen molar-refractivity contribution in [3.8, 4) is 11.8 Å². The van der Waals surface area contributed by atoms with Crippen molar-refractivity contribution in [2.45, 2.75) is 6.42 Å². The van der Waals surface area contributed by atoms with Gasteiger partial charge in [-0.05, 0) is 23.7 Å². The van der Waals surface area contributed by atoms with Crippen LogP contribution in [0, 0.1) is 11.8 Å². The average molecular weight is 230 g/mol. The van der Waals surface area contributed by atoms with E-state index < -0.39 is 5.97 Å². The Morgan fingerprint density at radius 3 is 2.94 bits per heavy atom. The Labute approximate surface area is 97.7 Å². The Morgan fingerprint density at radius 2 is 2.35 bits per heavy atom. The minimum Gasteiger partial charge on any atom is -0.478 e. The third-order valence-electron chi connectivity index (χ3n) is 1.91. The van der Waals surface area contributed by atoms with Gasteiger partial charge in [-0.1, -0.05) is 17.0 Å². The number of rotatable bonds is 3. The number of hydrogen-bond acceptors (Lipinski definition) is 3. The first kappa shape index (κ1) is 12.4. The normalized spacial score (nSPS) is 8.71. The highest BCUT2D eigenvalue weighted by Gasteiger charge is 2.06. The number of anilines is 1. The molecule has 3 N–H and O–H groups in total. The Balaban J connectivity index is 2.77. The molecule has 86 valence electrons. The summed E-state index contributed by atoms with van der Waals surface area (Å²) in [6, 6.07) is 4.50. The number of azide groups is 1. The van der Waals surface area contributed by atoms with Gasteiger partial charge in [0.2, 0.25) is 0 Å². The van der Waals surface area contributed by atoms with E-state index in [1.807, 2.05) is 0 Å². The molecule has 0 radical (unpaired) electrons. The highest BCUT2D eigenvalue weighted by molar-refractivity contribution is 5.93. The lowest BCUT2D eigenvalue weighted by Crippen LogP contribution is -2.02. The SMILES string of the molecule is [N-]=[N+]=NCCC#Cc1ccc(C(=O)O)c(N)c1. The van der Waals surface area contributed by atoms with Crippen LogP contribution in [0.25, 0.3) is 10.4 Å². The minimum absolute atomic E-state index is 0.0598. The fraction of sp³-hybridized carbons (Fsp3) is 0.182. The standard InChI is InChI=1S/C11H10N4O2/c12-10-7-8(3-1-2-6-14-15-13)4-5-9(10)11(16)17/h4-5,7H,2,6,12H2,(H,16,17). The molecule has 6 nitrogen and oxygen atoms in total. The van der Waals surface area contributed by atoms with Crippen LogP contribution in [0.2, 0.25) is 0 Å². The van der Waals surface area contributed by atoms with Crippen LogP contribution in [0.1, 0.15) is 22.3 Å². The number of nitrogens with zero attached hydrogens (tertiary/aromatic N) is 3. The highest BCUT2D eigenvalue weighted by Crippen LogP contribution is 2.13. The third kappa shape index (κ3) is 3.78. The first-order chi connectivity index (χ1) is 8.15. The molecule has 0 aliphatic rings. The van der Waals surface area contributed by atoms with Crippen LogP contribution >= 0.6 is 0 Å². The predicted molar refractivity (Wildman–Crippen MR) is 63.3 cm³/mol. The smallest absolute Gasteiger partial charge is 0.337 e. The molecule has 0 amide bonds. The number of carboxylic acid groups (broad SMARTS) is 1. The van der Waals surface area contributed by atoms with Crippen molar-refractivity contribution in [2.75, 3.05) is 12.3 Å². The zero-order chi connectivity index (χ0) is 12.7. The summed E-state index contributed by atoms with van der Waals surface area (Å²) in [5, 5.41) is 12.1. The first-order valence-electron chi connectivity index (χ1n) is 4.77. The average Bonchev–Trinajstić information content (AvgIpc) is 2.28. The van der Waals surface area contributed by atoms with Crippen LogP contribution in [0.4, 0.5) is 5.69 Å². The summed E-state index contributed by atoms with van der Waals surface area (Å²) in [7, 11) is 0. The Morgan fingerprint density at radius 1 is 1.59 bits per heavy atom. The molecule has 0 heterocycles. The second-order valence-electron chi connectivity index (χ2n) is 3.11. The quantitative estimate of drug-likeness (QED) is 0.207. The zero-order valence-corrected chi connectivity index (χ0v) is 8.92.